The molecule has 0 spiro atoms. The quantitative estimate of drug-likeness (QED) is 0.624. The molecule has 0 amide bonds. The van der Waals surface area contributed by atoms with Gasteiger partial charge in [0.15, 0.2) is 0 Å². The van der Waals surface area contributed by atoms with Crippen molar-refractivity contribution in [3.05, 3.63) is 23.8 Å². The minimum absolute atomic E-state index is 0.286. The van der Waals surface area contributed by atoms with Gasteiger partial charge in [-0.2, -0.15) is 0 Å². The molecule has 0 fully saturated rings. The first-order chi connectivity index (χ1) is 9.33. The van der Waals surface area contributed by atoms with E-state index < -0.39 is 0 Å². The standard InChI is InChI=1S/C13H16N2O3S2/c1-14(2)12(19)17-10-5-9(8-16)6-11(7-10)18-13(20)15(3)4/h5-8H,1-4H3. The van der Waals surface area contributed by atoms with Crippen LogP contribution >= 0.6 is 24.4 Å². The van der Waals surface area contributed by atoms with Crippen molar-refractivity contribution in [2.24, 2.45) is 0 Å². The van der Waals surface area contributed by atoms with Crippen LogP contribution in [0.15, 0.2) is 18.2 Å². The predicted octanol–water partition coefficient (Wildman–Crippen LogP) is 1.95. The number of aldehydes is 1. The monoisotopic (exact) mass is 312 g/mol. The lowest BCUT2D eigenvalue weighted by Gasteiger charge is -2.17. The molecule has 0 saturated carbocycles. The second kappa shape index (κ2) is 7.16. The van der Waals surface area contributed by atoms with E-state index in [2.05, 4.69) is 0 Å². The molecule has 0 aliphatic heterocycles. The molecule has 20 heavy (non-hydrogen) atoms. The molecule has 108 valence electrons. The minimum Gasteiger partial charge on any atom is -0.432 e. The fourth-order valence-electron chi connectivity index (χ4n) is 1.16. The van der Waals surface area contributed by atoms with E-state index >= 15 is 0 Å². The summed E-state index contributed by atoms with van der Waals surface area (Å²) in [4.78, 5) is 14.2. The van der Waals surface area contributed by atoms with Gasteiger partial charge in [-0.3, -0.25) is 4.79 Å². The number of nitrogens with zero attached hydrogens (tertiary/aromatic N) is 2. The Bertz CT molecular complexity index is 490. The number of hydrogen-bond donors (Lipinski definition) is 0. The minimum atomic E-state index is 0.286. The van der Waals surface area contributed by atoms with E-state index in [-0.39, 0.29) is 10.3 Å². The summed E-state index contributed by atoms with van der Waals surface area (Å²) in [5.74, 6) is 0.842. The number of carbonyl (C=O) groups excluding carboxylic acids is 1. The molecule has 0 bridgehead atoms. The van der Waals surface area contributed by atoms with Crippen molar-refractivity contribution >= 4 is 41.1 Å². The highest BCUT2D eigenvalue weighted by Crippen LogP contribution is 2.23. The van der Waals surface area contributed by atoms with Crippen molar-refractivity contribution in [2.45, 2.75) is 0 Å². The molecule has 0 atom stereocenters. The van der Waals surface area contributed by atoms with Gasteiger partial charge in [-0.25, -0.2) is 0 Å². The van der Waals surface area contributed by atoms with Gasteiger partial charge in [0.05, 0.1) is 0 Å². The van der Waals surface area contributed by atoms with Crippen molar-refractivity contribution in [3.63, 3.8) is 0 Å². The third-order valence-electron chi connectivity index (χ3n) is 2.18. The summed E-state index contributed by atoms with van der Waals surface area (Å²) in [5, 5.41) is 0.573. The predicted molar refractivity (Wildman–Crippen MR) is 85.7 cm³/mol. The number of carbonyl (C=O) groups is 1. The molecule has 0 aromatic heterocycles. The van der Waals surface area contributed by atoms with Crippen LogP contribution in [0.3, 0.4) is 0 Å². The molecular formula is C13H16N2O3S2. The van der Waals surface area contributed by atoms with E-state index in [1.54, 1.807) is 56.2 Å². The summed E-state index contributed by atoms with van der Waals surface area (Å²) >= 11 is 10.1. The Labute approximate surface area is 129 Å². The van der Waals surface area contributed by atoms with Crippen LogP contribution in [0.1, 0.15) is 10.4 Å². The molecule has 1 aromatic carbocycles. The van der Waals surface area contributed by atoms with Crippen LogP contribution in [0.2, 0.25) is 0 Å². The SMILES string of the molecule is CN(C)C(=S)Oc1cc(C=O)cc(OC(=S)N(C)C)c1. The van der Waals surface area contributed by atoms with Crippen LogP contribution in [0.5, 0.6) is 11.5 Å². The van der Waals surface area contributed by atoms with Gasteiger partial charge >= 0.3 is 0 Å². The van der Waals surface area contributed by atoms with Crippen LogP contribution in [-0.2, 0) is 0 Å². The smallest absolute Gasteiger partial charge is 0.264 e. The Morgan fingerprint density at radius 1 is 0.950 bits per heavy atom. The van der Waals surface area contributed by atoms with Crippen LogP contribution in [0, 0.1) is 0 Å². The summed E-state index contributed by atoms with van der Waals surface area (Å²) in [7, 11) is 7.07. The van der Waals surface area contributed by atoms with E-state index in [4.69, 9.17) is 33.9 Å². The van der Waals surface area contributed by atoms with Gasteiger partial charge in [-0.1, -0.05) is 0 Å². The fourth-order valence-corrected chi connectivity index (χ4v) is 1.36. The maximum absolute atomic E-state index is 11.0. The Morgan fingerprint density at radius 3 is 1.65 bits per heavy atom. The second-order valence-corrected chi connectivity index (χ2v) is 5.08. The van der Waals surface area contributed by atoms with Gasteiger partial charge in [-0.15, -0.1) is 0 Å². The normalized spacial score (nSPS) is 9.60. The van der Waals surface area contributed by atoms with Crippen molar-refractivity contribution in [2.75, 3.05) is 28.2 Å². The zero-order valence-electron chi connectivity index (χ0n) is 11.7. The average Bonchev–Trinajstić information content (AvgIpc) is 2.37. The van der Waals surface area contributed by atoms with Crippen LogP contribution < -0.4 is 9.47 Å². The Balaban J connectivity index is 2.99. The molecule has 5 nitrogen and oxygen atoms in total. The van der Waals surface area contributed by atoms with E-state index in [0.717, 1.165) is 0 Å². The van der Waals surface area contributed by atoms with Crippen LogP contribution in [0.25, 0.3) is 0 Å². The van der Waals surface area contributed by atoms with Gasteiger partial charge in [0.1, 0.15) is 17.8 Å². The van der Waals surface area contributed by atoms with Gasteiger partial charge < -0.3 is 19.3 Å². The van der Waals surface area contributed by atoms with Gasteiger partial charge in [-0.05, 0) is 36.6 Å². The van der Waals surface area contributed by atoms with E-state index in [9.17, 15) is 4.79 Å². The molecule has 0 heterocycles. The first-order valence-corrected chi connectivity index (χ1v) is 6.53. The van der Waals surface area contributed by atoms with Crippen LogP contribution in [-0.4, -0.2) is 54.6 Å². The summed E-state index contributed by atoms with van der Waals surface area (Å²) in [6.07, 6.45) is 0.705. The molecule has 0 aliphatic carbocycles. The molecule has 0 N–H and O–H groups in total. The number of hydrogen-bond acceptors (Lipinski definition) is 5. The van der Waals surface area contributed by atoms with Crippen molar-refractivity contribution in [1.29, 1.82) is 0 Å². The van der Waals surface area contributed by atoms with E-state index in [0.29, 0.717) is 23.3 Å². The number of rotatable bonds is 3. The summed E-state index contributed by atoms with van der Waals surface area (Å²) in [6.45, 7) is 0. The maximum atomic E-state index is 11.0. The highest BCUT2D eigenvalue weighted by atomic mass is 32.1. The Morgan fingerprint density at radius 2 is 1.35 bits per heavy atom. The lowest BCUT2D eigenvalue weighted by molar-refractivity contribution is 0.112. The van der Waals surface area contributed by atoms with Gasteiger partial charge in [0, 0.05) is 39.8 Å². The third-order valence-corrected chi connectivity index (χ3v) is 3.08. The highest BCUT2D eigenvalue weighted by molar-refractivity contribution is 7.80. The Hall–Kier alpha value is -1.73. The van der Waals surface area contributed by atoms with Crippen LogP contribution in [0.4, 0.5) is 0 Å². The number of benzene rings is 1. The maximum Gasteiger partial charge on any atom is 0.264 e. The lowest BCUT2D eigenvalue weighted by Crippen LogP contribution is -2.26. The lowest BCUT2D eigenvalue weighted by atomic mass is 10.2. The largest absolute Gasteiger partial charge is 0.432 e. The average molecular weight is 312 g/mol. The Kier molecular flexibility index (Phi) is 5.84. The zero-order chi connectivity index (χ0) is 15.3. The topological polar surface area (TPSA) is 42.0 Å². The molecule has 0 saturated heterocycles. The summed E-state index contributed by atoms with van der Waals surface area (Å²) in [6, 6.07) is 4.78. The third kappa shape index (κ3) is 4.75. The number of ether oxygens (including phenoxy) is 2. The second-order valence-electron chi connectivity index (χ2n) is 4.38. The van der Waals surface area contributed by atoms with Gasteiger partial charge in [0.2, 0.25) is 0 Å². The molecule has 1 rings (SSSR count). The van der Waals surface area contributed by atoms with Gasteiger partial charge in [0.25, 0.3) is 10.3 Å². The summed E-state index contributed by atoms with van der Waals surface area (Å²) in [5.41, 5.74) is 0.417. The molecule has 7 heteroatoms. The van der Waals surface area contributed by atoms with E-state index in [1.165, 1.54) is 0 Å². The zero-order valence-corrected chi connectivity index (χ0v) is 13.4. The van der Waals surface area contributed by atoms with Crippen molar-refractivity contribution < 1.29 is 14.3 Å². The fraction of sp³-hybridized carbons (Fsp3) is 0.308. The molecule has 0 aliphatic rings. The van der Waals surface area contributed by atoms with Crippen molar-refractivity contribution in [1.82, 2.24) is 9.80 Å². The molecule has 1 aromatic rings. The first-order valence-electron chi connectivity index (χ1n) is 5.72. The highest BCUT2D eigenvalue weighted by Gasteiger charge is 2.09. The number of thiocarbonyl (C=S) groups is 2. The summed E-state index contributed by atoms with van der Waals surface area (Å²) < 4.78 is 10.9. The van der Waals surface area contributed by atoms with E-state index in [1.807, 2.05) is 0 Å². The molecule has 0 unspecified atom stereocenters. The first kappa shape index (κ1) is 16.3. The molecular weight excluding hydrogens is 296 g/mol. The molecule has 0 radical (unpaired) electrons. The van der Waals surface area contributed by atoms with Crippen molar-refractivity contribution in [3.8, 4) is 11.5 Å².